The van der Waals surface area contributed by atoms with E-state index in [9.17, 15) is 9.90 Å². The van der Waals surface area contributed by atoms with Gasteiger partial charge in [-0.3, -0.25) is 4.79 Å². The molecule has 1 amide bonds. The molecule has 0 fully saturated rings. The Morgan fingerprint density at radius 3 is 2.57 bits per heavy atom. The number of nitrogens with zero attached hydrogens (tertiary/aromatic N) is 1. The summed E-state index contributed by atoms with van der Waals surface area (Å²) in [5, 5.41) is 9.21. The van der Waals surface area contributed by atoms with E-state index in [-0.39, 0.29) is 18.4 Å². The van der Waals surface area contributed by atoms with Gasteiger partial charge in [0.1, 0.15) is 0 Å². The highest BCUT2D eigenvalue weighted by atomic mass is 35.5. The van der Waals surface area contributed by atoms with Gasteiger partial charge in [-0.15, -0.1) is 11.3 Å². The Labute approximate surface area is 133 Å². The van der Waals surface area contributed by atoms with Gasteiger partial charge in [-0.05, 0) is 24.6 Å². The Bertz CT molecular complexity index is 585. The molecule has 3 nitrogen and oxygen atoms in total. The molecular weight excluding hydrogens is 306 g/mol. The topological polar surface area (TPSA) is 40.5 Å². The monoisotopic (exact) mass is 323 g/mol. The van der Waals surface area contributed by atoms with Crippen molar-refractivity contribution in [3.63, 3.8) is 0 Å². The summed E-state index contributed by atoms with van der Waals surface area (Å²) in [6, 6.07) is 13.5. The maximum absolute atomic E-state index is 12.6. The molecule has 2 aromatic rings. The fourth-order valence-corrected chi connectivity index (χ4v) is 3.25. The van der Waals surface area contributed by atoms with E-state index in [4.69, 9.17) is 11.6 Å². The van der Waals surface area contributed by atoms with Crippen LogP contribution < -0.4 is 0 Å². The third-order valence-corrected chi connectivity index (χ3v) is 4.70. The smallest absolute Gasteiger partial charge is 0.231 e. The number of thiophene rings is 1. The SMILES string of the molecule is CC(C(=O)N(CCO)Cc1ccccc1)c1ccc(Cl)s1. The number of hydrogen-bond acceptors (Lipinski definition) is 3. The van der Waals surface area contributed by atoms with Crippen molar-refractivity contribution in [2.75, 3.05) is 13.2 Å². The average molecular weight is 324 g/mol. The molecule has 1 aromatic heterocycles. The van der Waals surface area contributed by atoms with Crippen molar-refractivity contribution in [2.45, 2.75) is 19.4 Å². The van der Waals surface area contributed by atoms with E-state index in [1.54, 1.807) is 11.0 Å². The maximum Gasteiger partial charge on any atom is 0.231 e. The lowest BCUT2D eigenvalue weighted by atomic mass is 10.1. The predicted octanol–water partition coefficient (Wildman–Crippen LogP) is 3.53. The third kappa shape index (κ3) is 4.30. The molecule has 1 heterocycles. The quantitative estimate of drug-likeness (QED) is 0.883. The van der Waals surface area contributed by atoms with Gasteiger partial charge in [0.2, 0.25) is 5.91 Å². The maximum atomic E-state index is 12.6. The molecule has 1 atom stereocenters. The summed E-state index contributed by atoms with van der Waals surface area (Å²) < 4.78 is 0.682. The Balaban J connectivity index is 2.11. The van der Waals surface area contributed by atoms with E-state index in [1.165, 1.54) is 11.3 Å². The van der Waals surface area contributed by atoms with Gasteiger partial charge in [-0.2, -0.15) is 0 Å². The van der Waals surface area contributed by atoms with Crippen LogP contribution in [0.2, 0.25) is 4.34 Å². The van der Waals surface area contributed by atoms with Crippen LogP contribution >= 0.6 is 22.9 Å². The number of halogens is 1. The summed E-state index contributed by atoms with van der Waals surface area (Å²) in [6.45, 7) is 2.66. The fourth-order valence-electron chi connectivity index (χ4n) is 2.15. The third-order valence-electron chi connectivity index (χ3n) is 3.29. The summed E-state index contributed by atoms with van der Waals surface area (Å²) >= 11 is 7.35. The first kappa shape index (κ1) is 16.0. The first-order valence-corrected chi connectivity index (χ1v) is 8.00. The van der Waals surface area contributed by atoms with Crippen molar-refractivity contribution in [3.8, 4) is 0 Å². The summed E-state index contributed by atoms with van der Waals surface area (Å²) in [4.78, 5) is 15.3. The lowest BCUT2D eigenvalue weighted by Crippen LogP contribution is -2.35. The van der Waals surface area contributed by atoms with Gasteiger partial charge < -0.3 is 10.0 Å². The van der Waals surface area contributed by atoms with Gasteiger partial charge in [0.25, 0.3) is 0 Å². The molecule has 1 unspecified atom stereocenters. The number of aliphatic hydroxyl groups excluding tert-OH is 1. The number of rotatable bonds is 6. The molecule has 5 heteroatoms. The van der Waals surface area contributed by atoms with Gasteiger partial charge in [0.05, 0.1) is 16.9 Å². The van der Waals surface area contributed by atoms with Crippen LogP contribution in [0.25, 0.3) is 0 Å². The molecule has 0 radical (unpaired) electrons. The van der Waals surface area contributed by atoms with Crippen LogP contribution in [0.1, 0.15) is 23.3 Å². The average Bonchev–Trinajstić information content (AvgIpc) is 2.93. The normalized spacial score (nSPS) is 12.1. The standard InChI is InChI=1S/C16H18ClNO2S/c1-12(14-7-8-15(17)21-14)16(20)18(9-10-19)11-13-5-3-2-4-6-13/h2-8,12,19H,9-11H2,1H3. The van der Waals surface area contributed by atoms with Gasteiger partial charge >= 0.3 is 0 Å². The minimum absolute atomic E-state index is 0.00594. The molecule has 0 aliphatic rings. The number of amides is 1. The summed E-state index contributed by atoms with van der Waals surface area (Å²) in [6.07, 6.45) is 0. The zero-order valence-electron chi connectivity index (χ0n) is 11.8. The predicted molar refractivity (Wildman–Crippen MR) is 86.7 cm³/mol. The molecule has 0 aliphatic carbocycles. The lowest BCUT2D eigenvalue weighted by Gasteiger charge is -2.25. The largest absolute Gasteiger partial charge is 0.395 e. The molecule has 1 aromatic carbocycles. The van der Waals surface area contributed by atoms with E-state index in [1.807, 2.05) is 43.3 Å². The summed E-state index contributed by atoms with van der Waals surface area (Å²) in [5.41, 5.74) is 1.05. The molecule has 2 rings (SSSR count). The number of aliphatic hydroxyl groups is 1. The zero-order chi connectivity index (χ0) is 15.2. The minimum Gasteiger partial charge on any atom is -0.395 e. The van der Waals surface area contributed by atoms with E-state index < -0.39 is 0 Å². The molecule has 1 N–H and O–H groups in total. The van der Waals surface area contributed by atoms with E-state index in [0.29, 0.717) is 17.4 Å². The fraction of sp³-hybridized carbons (Fsp3) is 0.312. The highest BCUT2D eigenvalue weighted by molar-refractivity contribution is 7.16. The Morgan fingerprint density at radius 1 is 1.29 bits per heavy atom. The number of hydrogen-bond donors (Lipinski definition) is 1. The lowest BCUT2D eigenvalue weighted by molar-refractivity contribution is -0.133. The van der Waals surface area contributed by atoms with Crippen molar-refractivity contribution in [3.05, 3.63) is 57.2 Å². The second kappa shape index (κ2) is 7.59. The Hall–Kier alpha value is -1.36. The van der Waals surface area contributed by atoms with Crippen LogP contribution in [0.4, 0.5) is 0 Å². The van der Waals surface area contributed by atoms with Crippen molar-refractivity contribution < 1.29 is 9.90 Å². The van der Waals surface area contributed by atoms with Crippen LogP contribution in [0.15, 0.2) is 42.5 Å². The molecule has 112 valence electrons. The Kier molecular flexibility index (Phi) is 5.79. The molecule has 0 bridgehead atoms. The summed E-state index contributed by atoms with van der Waals surface area (Å²) in [5.74, 6) is -0.246. The van der Waals surface area contributed by atoms with Crippen LogP contribution in [0.5, 0.6) is 0 Å². The minimum atomic E-state index is -0.252. The summed E-state index contributed by atoms with van der Waals surface area (Å²) in [7, 11) is 0. The van der Waals surface area contributed by atoms with E-state index in [0.717, 1.165) is 10.4 Å². The molecule has 0 spiro atoms. The van der Waals surface area contributed by atoms with Crippen molar-refractivity contribution in [2.24, 2.45) is 0 Å². The first-order chi connectivity index (χ1) is 10.1. The first-order valence-electron chi connectivity index (χ1n) is 6.80. The van der Waals surface area contributed by atoms with Crippen LogP contribution in [0.3, 0.4) is 0 Å². The van der Waals surface area contributed by atoms with Gasteiger partial charge in [0.15, 0.2) is 0 Å². The van der Waals surface area contributed by atoms with Crippen LogP contribution in [-0.2, 0) is 11.3 Å². The van der Waals surface area contributed by atoms with E-state index >= 15 is 0 Å². The molecular formula is C16H18ClNO2S. The van der Waals surface area contributed by atoms with Crippen molar-refractivity contribution in [1.29, 1.82) is 0 Å². The Morgan fingerprint density at radius 2 is 2.00 bits per heavy atom. The molecule has 0 saturated heterocycles. The highest BCUT2D eigenvalue weighted by Crippen LogP contribution is 2.29. The van der Waals surface area contributed by atoms with Gasteiger partial charge in [0, 0.05) is 18.0 Å². The van der Waals surface area contributed by atoms with Crippen molar-refractivity contribution >= 4 is 28.8 Å². The van der Waals surface area contributed by atoms with Crippen LogP contribution in [0, 0.1) is 0 Å². The molecule has 0 aliphatic heterocycles. The second-order valence-electron chi connectivity index (χ2n) is 4.83. The number of carbonyl (C=O) groups excluding carboxylic acids is 1. The second-order valence-corrected chi connectivity index (χ2v) is 6.58. The van der Waals surface area contributed by atoms with Gasteiger partial charge in [-0.25, -0.2) is 0 Å². The van der Waals surface area contributed by atoms with Crippen LogP contribution in [-0.4, -0.2) is 29.1 Å². The number of benzene rings is 1. The number of carbonyl (C=O) groups is 1. The van der Waals surface area contributed by atoms with E-state index in [2.05, 4.69) is 0 Å². The molecule has 21 heavy (non-hydrogen) atoms. The highest BCUT2D eigenvalue weighted by Gasteiger charge is 2.23. The van der Waals surface area contributed by atoms with Gasteiger partial charge in [-0.1, -0.05) is 41.9 Å². The molecule has 0 saturated carbocycles. The van der Waals surface area contributed by atoms with Crippen molar-refractivity contribution in [1.82, 2.24) is 4.90 Å². The zero-order valence-corrected chi connectivity index (χ0v) is 13.4.